The molecule has 1 aromatic heterocycles. The number of carbonyl (C=O) groups excluding carboxylic acids is 1. The highest BCUT2D eigenvalue weighted by Gasteiger charge is 2.40. The van der Waals surface area contributed by atoms with E-state index in [0.717, 1.165) is 30.6 Å². The Morgan fingerprint density at radius 2 is 1.86 bits per heavy atom. The second-order valence-corrected chi connectivity index (χ2v) is 7.03. The van der Waals surface area contributed by atoms with Crippen molar-refractivity contribution in [2.75, 3.05) is 0 Å². The molecule has 0 bridgehead atoms. The molecular weight excluding hydrogens is 276 g/mol. The van der Waals surface area contributed by atoms with Crippen LogP contribution >= 0.6 is 0 Å². The van der Waals surface area contributed by atoms with E-state index in [2.05, 4.69) is 45.1 Å². The summed E-state index contributed by atoms with van der Waals surface area (Å²) in [7, 11) is 0. The van der Waals surface area contributed by atoms with E-state index in [0.29, 0.717) is 5.69 Å². The Bertz CT molecular complexity index is 505. The molecule has 0 aliphatic rings. The van der Waals surface area contributed by atoms with Gasteiger partial charge in [0.25, 0.3) is 5.91 Å². The Labute approximate surface area is 135 Å². The normalized spacial score (nSPS) is 14.7. The smallest absolute Gasteiger partial charge is 0.274 e. The third kappa shape index (κ3) is 3.71. The fraction of sp³-hybridized carbons (Fsp3) is 0.778. The number of hydrogen-bond acceptors (Lipinski definition) is 3. The molecule has 0 saturated carbocycles. The SMILES string of the molecule is CCCCC(C)(CC)C(C)(C)NC(=O)c1noc(CC)c1C. The summed E-state index contributed by atoms with van der Waals surface area (Å²) in [6.45, 7) is 14.8. The van der Waals surface area contributed by atoms with E-state index in [1.165, 1.54) is 12.8 Å². The van der Waals surface area contributed by atoms with Crippen molar-refractivity contribution >= 4 is 5.91 Å². The largest absolute Gasteiger partial charge is 0.360 e. The zero-order valence-corrected chi connectivity index (χ0v) is 15.3. The molecule has 4 heteroatoms. The number of aromatic nitrogens is 1. The van der Waals surface area contributed by atoms with Gasteiger partial charge in [0.05, 0.1) is 0 Å². The van der Waals surface area contributed by atoms with Crippen LogP contribution in [-0.2, 0) is 6.42 Å². The van der Waals surface area contributed by atoms with Gasteiger partial charge in [0, 0.05) is 17.5 Å². The van der Waals surface area contributed by atoms with Gasteiger partial charge < -0.3 is 9.84 Å². The van der Waals surface area contributed by atoms with Crippen molar-refractivity contribution in [2.24, 2.45) is 5.41 Å². The number of amides is 1. The molecule has 1 heterocycles. The van der Waals surface area contributed by atoms with E-state index in [4.69, 9.17) is 4.52 Å². The predicted octanol–water partition coefficient (Wildman–Crippen LogP) is 4.66. The van der Waals surface area contributed by atoms with E-state index < -0.39 is 0 Å². The molecule has 0 aliphatic carbocycles. The molecule has 0 radical (unpaired) electrons. The maximum Gasteiger partial charge on any atom is 0.274 e. The van der Waals surface area contributed by atoms with Gasteiger partial charge in [-0.2, -0.15) is 0 Å². The highest BCUT2D eigenvalue weighted by atomic mass is 16.5. The lowest BCUT2D eigenvalue weighted by atomic mass is 9.68. The van der Waals surface area contributed by atoms with E-state index in [-0.39, 0.29) is 16.9 Å². The van der Waals surface area contributed by atoms with Crippen LogP contribution in [0.3, 0.4) is 0 Å². The van der Waals surface area contributed by atoms with Crippen LogP contribution in [-0.4, -0.2) is 16.6 Å². The van der Waals surface area contributed by atoms with Gasteiger partial charge in [-0.25, -0.2) is 0 Å². The molecule has 1 atom stereocenters. The molecule has 1 rings (SSSR count). The standard InChI is InChI=1S/C18H32N2O2/c1-8-11-12-18(7,10-3)17(5,6)19-16(21)15-13(4)14(9-2)22-20-15/h8-12H2,1-7H3,(H,19,21). The van der Waals surface area contributed by atoms with E-state index in [9.17, 15) is 4.79 Å². The molecule has 1 aromatic rings. The Morgan fingerprint density at radius 1 is 1.23 bits per heavy atom. The Morgan fingerprint density at radius 3 is 2.32 bits per heavy atom. The monoisotopic (exact) mass is 308 g/mol. The minimum Gasteiger partial charge on any atom is -0.360 e. The topological polar surface area (TPSA) is 55.1 Å². The minimum atomic E-state index is -0.300. The van der Waals surface area contributed by atoms with Crippen LogP contribution in [0.15, 0.2) is 4.52 Å². The van der Waals surface area contributed by atoms with Crippen LogP contribution in [0.1, 0.15) is 89.0 Å². The molecule has 126 valence electrons. The second kappa shape index (κ2) is 7.30. The first-order valence-corrected chi connectivity index (χ1v) is 8.50. The zero-order valence-electron chi connectivity index (χ0n) is 15.3. The van der Waals surface area contributed by atoms with Crippen molar-refractivity contribution in [3.63, 3.8) is 0 Å². The summed E-state index contributed by atoms with van der Waals surface area (Å²) in [6.07, 6.45) is 5.22. The molecule has 0 aromatic carbocycles. The van der Waals surface area contributed by atoms with Gasteiger partial charge in [0.1, 0.15) is 5.76 Å². The van der Waals surface area contributed by atoms with Gasteiger partial charge in [-0.3, -0.25) is 4.79 Å². The summed E-state index contributed by atoms with van der Waals surface area (Å²) in [5.41, 5.74) is 1.02. The van der Waals surface area contributed by atoms with Crippen LogP contribution in [0.4, 0.5) is 0 Å². The van der Waals surface area contributed by atoms with Gasteiger partial charge >= 0.3 is 0 Å². The molecule has 1 amide bonds. The average Bonchev–Trinajstić information content (AvgIpc) is 2.84. The molecule has 22 heavy (non-hydrogen) atoms. The molecule has 4 nitrogen and oxygen atoms in total. The highest BCUT2D eigenvalue weighted by molar-refractivity contribution is 5.94. The summed E-state index contributed by atoms with van der Waals surface area (Å²) >= 11 is 0. The van der Waals surface area contributed by atoms with Crippen LogP contribution in [0.5, 0.6) is 0 Å². The van der Waals surface area contributed by atoms with Gasteiger partial charge in [0.2, 0.25) is 0 Å². The van der Waals surface area contributed by atoms with E-state index >= 15 is 0 Å². The van der Waals surface area contributed by atoms with Crippen molar-refractivity contribution in [1.29, 1.82) is 0 Å². The number of aryl methyl sites for hydroxylation is 1. The fourth-order valence-electron chi connectivity index (χ4n) is 2.90. The number of carbonyl (C=O) groups is 1. The number of unbranched alkanes of at least 4 members (excludes halogenated alkanes) is 1. The molecule has 0 spiro atoms. The van der Waals surface area contributed by atoms with Crippen LogP contribution < -0.4 is 5.32 Å². The van der Waals surface area contributed by atoms with Gasteiger partial charge in [-0.1, -0.05) is 45.7 Å². The quantitative estimate of drug-likeness (QED) is 0.760. The summed E-state index contributed by atoms with van der Waals surface area (Å²) in [5.74, 6) is 0.648. The molecule has 1 unspecified atom stereocenters. The molecular formula is C18H32N2O2. The summed E-state index contributed by atoms with van der Waals surface area (Å²) < 4.78 is 5.25. The van der Waals surface area contributed by atoms with Gasteiger partial charge in [0.15, 0.2) is 5.69 Å². The van der Waals surface area contributed by atoms with Crippen LogP contribution in [0.2, 0.25) is 0 Å². The molecule has 0 saturated heterocycles. The van der Waals surface area contributed by atoms with Crippen LogP contribution in [0.25, 0.3) is 0 Å². The summed E-state index contributed by atoms with van der Waals surface area (Å²) in [5, 5.41) is 7.14. The molecule has 0 aliphatic heterocycles. The highest BCUT2D eigenvalue weighted by Crippen LogP contribution is 2.39. The van der Waals surface area contributed by atoms with Crippen molar-refractivity contribution < 1.29 is 9.32 Å². The lowest BCUT2D eigenvalue weighted by Gasteiger charge is -2.44. The minimum absolute atomic E-state index is 0.0594. The lowest BCUT2D eigenvalue weighted by molar-refractivity contribution is 0.0717. The Balaban J connectivity index is 2.94. The maximum absolute atomic E-state index is 12.6. The first-order valence-electron chi connectivity index (χ1n) is 8.50. The van der Waals surface area contributed by atoms with Crippen molar-refractivity contribution in [3.8, 4) is 0 Å². The maximum atomic E-state index is 12.6. The van der Waals surface area contributed by atoms with Crippen molar-refractivity contribution in [3.05, 3.63) is 17.0 Å². The van der Waals surface area contributed by atoms with Crippen LogP contribution in [0, 0.1) is 12.3 Å². The first kappa shape index (κ1) is 18.7. The third-order valence-corrected chi connectivity index (χ3v) is 5.35. The van der Waals surface area contributed by atoms with Gasteiger partial charge in [-0.05, 0) is 39.0 Å². The fourth-order valence-corrected chi connectivity index (χ4v) is 2.90. The van der Waals surface area contributed by atoms with Gasteiger partial charge in [-0.15, -0.1) is 0 Å². The van der Waals surface area contributed by atoms with E-state index in [1.807, 2.05) is 13.8 Å². The summed E-state index contributed by atoms with van der Waals surface area (Å²) in [4.78, 5) is 12.6. The Hall–Kier alpha value is -1.32. The number of nitrogens with zero attached hydrogens (tertiary/aromatic N) is 1. The zero-order chi connectivity index (χ0) is 17.0. The molecule has 1 N–H and O–H groups in total. The predicted molar refractivity (Wildman–Crippen MR) is 90.1 cm³/mol. The molecule has 0 fully saturated rings. The third-order valence-electron chi connectivity index (χ3n) is 5.35. The number of hydrogen-bond donors (Lipinski definition) is 1. The average molecular weight is 308 g/mol. The van der Waals surface area contributed by atoms with Crippen molar-refractivity contribution in [2.45, 2.75) is 86.1 Å². The number of nitrogens with one attached hydrogen (secondary N) is 1. The first-order chi connectivity index (χ1) is 10.2. The summed E-state index contributed by atoms with van der Waals surface area (Å²) in [6, 6.07) is 0. The Kier molecular flexibility index (Phi) is 6.21. The van der Waals surface area contributed by atoms with Crippen molar-refractivity contribution in [1.82, 2.24) is 10.5 Å². The number of rotatable bonds is 8. The lowest BCUT2D eigenvalue weighted by Crippen LogP contribution is -2.55. The second-order valence-electron chi connectivity index (χ2n) is 7.03. The van der Waals surface area contributed by atoms with E-state index in [1.54, 1.807) is 0 Å².